The van der Waals surface area contributed by atoms with E-state index < -0.39 is 0 Å². The number of carbonyl (C=O) groups excluding carboxylic acids is 1. The third-order valence-electron chi connectivity index (χ3n) is 3.11. The van der Waals surface area contributed by atoms with Crippen molar-refractivity contribution < 1.29 is 9.90 Å². The SMILES string of the molecule is CC(C)CCCC1CCC(=O)N1CCO. The fraction of sp³-hybridized carbons (Fsp3) is 0.917. The van der Waals surface area contributed by atoms with Crippen molar-refractivity contribution in [2.75, 3.05) is 13.2 Å². The van der Waals surface area contributed by atoms with E-state index >= 15 is 0 Å². The predicted octanol–water partition coefficient (Wildman–Crippen LogP) is 1.80. The summed E-state index contributed by atoms with van der Waals surface area (Å²) in [6.45, 7) is 5.06. The van der Waals surface area contributed by atoms with Crippen molar-refractivity contribution in [1.82, 2.24) is 4.90 Å². The molecule has 1 heterocycles. The molecular weight excluding hydrogens is 190 g/mol. The number of nitrogens with zero attached hydrogens (tertiary/aromatic N) is 1. The van der Waals surface area contributed by atoms with Gasteiger partial charge in [0.15, 0.2) is 0 Å². The first-order chi connectivity index (χ1) is 7.15. The van der Waals surface area contributed by atoms with Gasteiger partial charge in [-0.2, -0.15) is 0 Å². The highest BCUT2D eigenvalue weighted by molar-refractivity contribution is 5.78. The molecule has 0 aliphatic carbocycles. The maximum Gasteiger partial charge on any atom is 0.222 e. The molecule has 1 amide bonds. The normalized spacial score (nSPS) is 21.7. The second kappa shape index (κ2) is 6.11. The van der Waals surface area contributed by atoms with E-state index in [1.165, 1.54) is 12.8 Å². The lowest BCUT2D eigenvalue weighted by atomic mass is 10.0. The first-order valence-electron chi connectivity index (χ1n) is 6.05. The number of rotatable bonds is 6. The Kier molecular flexibility index (Phi) is 5.09. The van der Waals surface area contributed by atoms with E-state index in [1.807, 2.05) is 4.90 Å². The fourth-order valence-electron chi connectivity index (χ4n) is 2.27. The second-order valence-corrected chi connectivity index (χ2v) is 4.83. The molecule has 1 unspecified atom stereocenters. The van der Waals surface area contributed by atoms with Crippen LogP contribution in [0.3, 0.4) is 0 Å². The number of β-amino-alcohol motifs (C(OH)–C–C–N with tert-alkyl or cyclic N) is 1. The zero-order valence-electron chi connectivity index (χ0n) is 9.91. The molecule has 1 fully saturated rings. The van der Waals surface area contributed by atoms with Crippen molar-refractivity contribution in [3.8, 4) is 0 Å². The summed E-state index contributed by atoms with van der Waals surface area (Å²) in [5, 5.41) is 8.88. The van der Waals surface area contributed by atoms with Crippen LogP contribution in [0, 0.1) is 5.92 Å². The Balaban J connectivity index is 2.30. The molecule has 0 radical (unpaired) electrons. The van der Waals surface area contributed by atoms with Crippen LogP contribution in [0.4, 0.5) is 0 Å². The second-order valence-electron chi connectivity index (χ2n) is 4.83. The molecule has 3 nitrogen and oxygen atoms in total. The minimum absolute atomic E-state index is 0.0897. The Bertz CT molecular complexity index is 204. The Labute approximate surface area is 92.5 Å². The highest BCUT2D eigenvalue weighted by Gasteiger charge is 2.29. The lowest BCUT2D eigenvalue weighted by Crippen LogP contribution is -2.35. The van der Waals surface area contributed by atoms with Crippen LogP contribution >= 0.6 is 0 Å². The highest BCUT2D eigenvalue weighted by Crippen LogP contribution is 2.23. The smallest absolute Gasteiger partial charge is 0.222 e. The average molecular weight is 213 g/mol. The summed E-state index contributed by atoms with van der Waals surface area (Å²) < 4.78 is 0. The van der Waals surface area contributed by atoms with Gasteiger partial charge >= 0.3 is 0 Å². The van der Waals surface area contributed by atoms with Crippen molar-refractivity contribution in [2.45, 2.75) is 52.0 Å². The number of likely N-dealkylation sites (tertiary alicyclic amines) is 1. The monoisotopic (exact) mass is 213 g/mol. The van der Waals surface area contributed by atoms with Crippen LogP contribution in [-0.2, 0) is 4.79 Å². The summed E-state index contributed by atoms with van der Waals surface area (Å²) in [6, 6.07) is 0.392. The standard InChI is InChI=1S/C12H23NO2/c1-10(2)4-3-5-11-6-7-12(15)13(11)8-9-14/h10-11,14H,3-9H2,1-2H3. The quantitative estimate of drug-likeness (QED) is 0.731. The minimum atomic E-state index is 0.0897. The molecule has 1 rings (SSSR count). The molecular formula is C12H23NO2. The van der Waals surface area contributed by atoms with Gasteiger partial charge in [0.25, 0.3) is 0 Å². The number of aliphatic hydroxyl groups is 1. The van der Waals surface area contributed by atoms with E-state index in [0.717, 1.165) is 18.8 Å². The summed E-state index contributed by atoms with van der Waals surface area (Å²) in [5.74, 6) is 0.965. The molecule has 0 aromatic carbocycles. The van der Waals surface area contributed by atoms with Crippen LogP contribution in [-0.4, -0.2) is 35.1 Å². The average Bonchev–Trinajstić information content (AvgIpc) is 2.50. The molecule has 1 aliphatic rings. The molecule has 0 spiro atoms. The summed E-state index contributed by atoms with van der Waals surface area (Å²) in [4.78, 5) is 13.3. The summed E-state index contributed by atoms with van der Waals surface area (Å²) in [5.41, 5.74) is 0. The first-order valence-corrected chi connectivity index (χ1v) is 6.05. The van der Waals surface area contributed by atoms with Crippen molar-refractivity contribution in [1.29, 1.82) is 0 Å². The van der Waals surface area contributed by atoms with Crippen molar-refractivity contribution in [2.24, 2.45) is 5.92 Å². The van der Waals surface area contributed by atoms with Crippen molar-refractivity contribution in [3.05, 3.63) is 0 Å². The van der Waals surface area contributed by atoms with Crippen LogP contribution in [0.15, 0.2) is 0 Å². The Morgan fingerprint density at radius 2 is 2.27 bits per heavy atom. The number of aliphatic hydroxyl groups excluding tert-OH is 1. The van der Waals surface area contributed by atoms with Crippen LogP contribution < -0.4 is 0 Å². The van der Waals surface area contributed by atoms with Gasteiger partial charge < -0.3 is 10.0 Å². The van der Waals surface area contributed by atoms with Crippen LogP contribution in [0.25, 0.3) is 0 Å². The van der Waals surface area contributed by atoms with E-state index in [-0.39, 0.29) is 12.5 Å². The first kappa shape index (κ1) is 12.5. The van der Waals surface area contributed by atoms with E-state index in [9.17, 15) is 4.79 Å². The molecule has 0 aromatic rings. The maximum absolute atomic E-state index is 11.5. The molecule has 3 heteroatoms. The molecule has 1 atom stereocenters. The van der Waals surface area contributed by atoms with E-state index in [1.54, 1.807) is 0 Å². The Morgan fingerprint density at radius 1 is 1.53 bits per heavy atom. The van der Waals surface area contributed by atoms with Gasteiger partial charge in [-0.15, -0.1) is 0 Å². The molecule has 0 aromatic heterocycles. The summed E-state index contributed by atoms with van der Waals surface area (Å²) >= 11 is 0. The molecule has 1 N–H and O–H groups in total. The minimum Gasteiger partial charge on any atom is -0.395 e. The molecule has 1 aliphatic heterocycles. The zero-order valence-corrected chi connectivity index (χ0v) is 9.91. The number of amides is 1. The van der Waals surface area contributed by atoms with Gasteiger partial charge in [-0.05, 0) is 18.8 Å². The molecule has 1 saturated heterocycles. The fourth-order valence-corrected chi connectivity index (χ4v) is 2.27. The molecule has 0 saturated carbocycles. The molecule has 0 bridgehead atoms. The largest absolute Gasteiger partial charge is 0.395 e. The van der Waals surface area contributed by atoms with Crippen LogP contribution in [0.2, 0.25) is 0 Å². The van der Waals surface area contributed by atoms with Gasteiger partial charge in [-0.3, -0.25) is 4.79 Å². The van der Waals surface area contributed by atoms with Gasteiger partial charge in [0.2, 0.25) is 5.91 Å². The van der Waals surface area contributed by atoms with Gasteiger partial charge in [0, 0.05) is 19.0 Å². The summed E-state index contributed by atoms with van der Waals surface area (Å²) in [6.07, 6.45) is 5.18. The highest BCUT2D eigenvalue weighted by atomic mass is 16.3. The Hall–Kier alpha value is -0.570. The third kappa shape index (κ3) is 3.82. The van der Waals surface area contributed by atoms with Gasteiger partial charge in [-0.1, -0.05) is 26.7 Å². The lowest BCUT2D eigenvalue weighted by Gasteiger charge is -2.24. The van der Waals surface area contributed by atoms with Crippen LogP contribution in [0.1, 0.15) is 46.0 Å². The van der Waals surface area contributed by atoms with Gasteiger partial charge in [-0.25, -0.2) is 0 Å². The molecule has 15 heavy (non-hydrogen) atoms. The van der Waals surface area contributed by atoms with E-state index in [4.69, 9.17) is 5.11 Å². The zero-order chi connectivity index (χ0) is 11.3. The van der Waals surface area contributed by atoms with Gasteiger partial charge in [0.05, 0.1) is 6.61 Å². The van der Waals surface area contributed by atoms with Gasteiger partial charge in [0.1, 0.15) is 0 Å². The number of hydrogen-bond donors (Lipinski definition) is 1. The lowest BCUT2D eigenvalue weighted by molar-refractivity contribution is -0.129. The maximum atomic E-state index is 11.5. The Morgan fingerprint density at radius 3 is 2.87 bits per heavy atom. The number of hydrogen-bond acceptors (Lipinski definition) is 2. The van der Waals surface area contributed by atoms with Crippen LogP contribution in [0.5, 0.6) is 0 Å². The predicted molar refractivity (Wildman–Crippen MR) is 60.5 cm³/mol. The topological polar surface area (TPSA) is 40.5 Å². The third-order valence-corrected chi connectivity index (χ3v) is 3.11. The van der Waals surface area contributed by atoms with E-state index in [0.29, 0.717) is 19.0 Å². The number of carbonyl (C=O) groups is 1. The van der Waals surface area contributed by atoms with Crippen molar-refractivity contribution >= 4 is 5.91 Å². The van der Waals surface area contributed by atoms with Crippen molar-refractivity contribution in [3.63, 3.8) is 0 Å². The summed E-state index contributed by atoms with van der Waals surface area (Å²) in [7, 11) is 0. The molecule has 88 valence electrons. The van der Waals surface area contributed by atoms with E-state index in [2.05, 4.69) is 13.8 Å².